The largest absolute Gasteiger partial charge is 0.377 e. The third-order valence-electron chi connectivity index (χ3n) is 4.71. The SMILES string of the molecule is C#CCNC1C2CCOC2C12CCCC2. The molecule has 0 bridgehead atoms. The summed E-state index contributed by atoms with van der Waals surface area (Å²) >= 11 is 0. The Hall–Kier alpha value is -0.520. The molecule has 3 rings (SSSR count). The van der Waals surface area contributed by atoms with E-state index in [4.69, 9.17) is 11.2 Å². The lowest BCUT2D eigenvalue weighted by molar-refractivity contribution is -0.129. The van der Waals surface area contributed by atoms with Crippen molar-refractivity contribution >= 4 is 0 Å². The van der Waals surface area contributed by atoms with Gasteiger partial charge in [0.25, 0.3) is 0 Å². The maximum Gasteiger partial charge on any atom is 0.0690 e. The van der Waals surface area contributed by atoms with Crippen LogP contribution in [-0.4, -0.2) is 25.3 Å². The standard InChI is InChI=1S/C13H19NO/c1-2-8-14-11-10-5-9-15-12(10)13(11)6-3-4-7-13/h1,10-12,14H,3-9H2. The van der Waals surface area contributed by atoms with Crippen molar-refractivity contribution in [3.05, 3.63) is 0 Å². The van der Waals surface area contributed by atoms with E-state index in [0.29, 0.717) is 17.6 Å². The minimum atomic E-state index is 0.456. The molecule has 0 aromatic rings. The van der Waals surface area contributed by atoms with Gasteiger partial charge in [-0.25, -0.2) is 0 Å². The Morgan fingerprint density at radius 2 is 2.20 bits per heavy atom. The summed E-state index contributed by atoms with van der Waals surface area (Å²) in [6.07, 6.45) is 12.6. The monoisotopic (exact) mass is 205 g/mol. The maximum atomic E-state index is 5.91. The van der Waals surface area contributed by atoms with E-state index in [1.54, 1.807) is 0 Å². The van der Waals surface area contributed by atoms with Crippen molar-refractivity contribution in [2.75, 3.05) is 13.2 Å². The smallest absolute Gasteiger partial charge is 0.0690 e. The summed E-state index contributed by atoms with van der Waals surface area (Å²) in [7, 11) is 0. The van der Waals surface area contributed by atoms with Gasteiger partial charge in [0.2, 0.25) is 0 Å². The summed E-state index contributed by atoms with van der Waals surface area (Å²) in [6, 6.07) is 0.642. The van der Waals surface area contributed by atoms with Crippen LogP contribution in [0.15, 0.2) is 0 Å². The Bertz CT molecular complexity index is 287. The molecule has 2 heteroatoms. The van der Waals surface area contributed by atoms with Crippen LogP contribution < -0.4 is 5.32 Å². The van der Waals surface area contributed by atoms with E-state index in [-0.39, 0.29) is 0 Å². The first kappa shape index (κ1) is 9.69. The Balaban J connectivity index is 1.76. The second-order valence-corrected chi connectivity index (χ2v) is 5.25. The molecule has 2 nitrogen and oxygen atoms in total. The van der Waals surface area contributed by atoms with Gasteiger partial charge in [-0.2, -0.15) is 0 Å². The average molecular weight is 205 g/mol. The molecule has 0 aromatic carbocycles. The van der Waals surface area contributed by atoms with Gasteiger partial charge >= 0.3 is 0 Å². The lowest BCUT2D eigenvalue weighted by atomic mass is 9.54. The molecule has 1 spiro atoms. The van der Waals surface area contributed by atoms with Crippen molar-refractivity contribution in [1.82, 2.24) is 5.32 Å². The topological polar surface area (TPSA) is 21.3 Å². The molecule has 15 heavy (non-hydrogen) atoms. The van der Waals surface area contributed by atoms with E-state index in [9.17, 15) is 0 Å². The molecule has 0 radical (unpaired) electrons. The Labute approximate surface area is 91.8 Å². The molecular weight excluding hydrogens is 186 g/mol. The van der Waals surface area contributed by atoms with Crippen molar-refractivity contribution in [2.45, 2.75) is 44.2 Å². The third-order valence-corrected chi connectivity index (χ3v) is 4.71. The van der Waals surface area contributed by atoms with Crippen molar-refractivity contribution in [3.8, 4) is 12.3 Å². The minimum Gasteiger partial charge on any atom is -0.377 e. The predicted molar refractivity (Wildman–Crippen MR) is 59.4 cm³/mol. The lowest BCUT2D eigenvalue weighted by Crippen LogP contribution is -2.67. The van der Waals surface area contributed by atoms with Crippen molar-refractivity contribution in [3.63, 3.8) is 0 Å². The van der Waals surface area contributed by atoms with Gasteiger partial charge in [0, 0.05) is 24.0 Å². The fraction of sp³-hybridized carbons (Fsp3) is 0.846. The third kappa shape index (κ3) is 1.20. The van der Waals surface area contributed by atoms with Crippen molar-refractivity contribution < 1.29 is 4.74 Å². The maximum absolute atomic E-state index is 5.91. The Kier molecular flexibility index (Phi) is 2.26. The number of hydrogen-bond acceptors (Lipinski definition) is 2. The van der Waals surface area contributed by atoms with Gasteiger partial charge in [-0.3, -0.25) is 0 Å². The van der Waals surface area contributed by atoms with Gasteiger partial charge in [0.15, 0.2) is 0 Å². The first-order chi connectivity index (χ1) is 7.38. The van der Waals surface area contributed by atoms with E-state index in [1.165, 1.54) is 32.1 Å². The van der Waals surface area contributed by atoms with Gasteiger partial charge < -0.3 is 10.1 Å². The second-order valence-electron chi connectivity index (χ2n) is 5.25. The van der Waals surface area contributed by atoms with Crippen LogP contribution in [0, 0.1) is 23.7 Å². The number of hydrogen-bond donors (Lipinski definition) is 1. The summed E-state index contributed by atoms with van der Waals surface area (Å²) in [5.41, 5.74) is 0.456. The highest BCUT2D eigenvalue weighted by Crippen LogP contribution is 2.60. The molecule has 1 saturated heterocycles. The van der Waals surface area contributed by atoms with Crippen LogP contribution in [0.3, 0.4) is 0 Å². The van der Waals surface area contributed by atoms with Gasteiger partial charge in [0.05, 0.1) is 12.6 Å². The molecule has 3 atom stereocenters. The van der Waals surface area contributed by atoms with Crippen LogP contribution in [0.1, 0.15) is 32.1 Å². The van der Waals surface area contributed by atoms with Gasteiger partial charge in [0.1, 0.15) is 0 Å². The molecule has 2 saturated carbocycles. The molecule has 2 aliphatic carbocycles. The zero-order chi connectivity index (χ0) is 10.3. The molecule has 0 aromatic heterocycles. The first-order valence-electron chi connectivity index (χ1n) is 6.17. The average Bonchev–Trinajstić information content (AvgIpc) is 2.84. The second kappa shape index (κ2) is 3.50. The highest BCUT2D eigenvalue weighted by atomic mass is 16.5. The molecule has 0 amide bonds. The van der Waals surface area contributed by atoms with Crippen LogP contribution >= 0.6 is 0 Å². The molecule has 1 N–H and O–H groups in total. The molecule has 3 aliphatic rings. The van der Waals surface area contributed by atoms with E-state index >= 15 is 0 Å². The van der Waals surface area contributed by atoms with E-state index < -0.39 is 0 Å². The number of terminal acetylenes is 1. The molecule has 3 unspecified atom stereocenters. The van der Waals surface area contributed by atoms with Gasteiger partial charge in [-0.05, 0) is 19.3 Å². The summed E-state index contributed by atoms with van der Waals surface area (Å²) in [6.45, 7) is 1.68. The molecule has 3 fully saturated rings. The Morgan fingerprint density at radius 1 is 1.40 bits per heavy atom. The van der Waals surface area contributed by atoms with Crippen LogP contribution in [0.2, 0.25) is 0 Å². The highest BCUT2D eigenvalue weighted by Gasteiger charge is 2.64. The predicted octanol–water partition coefficient (Wildman–Crippen LogP) is 1.56. The van der Waals surface area contributed by atoms with E-state index in [0.717, 1.165) is 19.1 Å². The normalized spacial score (nSPS) is 41.1. The van der Waals surface area contributed by atoms with Crippen molar-refractivity contribution in [1.29, 1.82) is 0 Å². The molecular formula is C13H19NO. The Morgan fingerprint density at radius 3 is 2.93 bits per heavy atom. The zero-order valence-corrected chi connectivity index (χ0v) is 9.17. The van der Waals surface area contributed by atoms with Crippen LogP contribution in [0.5, 0.6) is 0 Å². The fourth-order valence-corrected chi connectivity index (χ4v) is 4.18. The minimum absolute atomic E-state index is 0.456. The zero-order valence-electron chi connectivity index (χ0n) is 9.17. The first-order valence-corrected chi connectivity index (χ1v) is 6.17. The van der Waals surface area contributed by atoms with Crippen LogP contribution in [-0.2, 0) is 4.74 Å². The molecule has 1 heterocycles. The highest BCUT2D eigenvalue weighted by molar-refractivity contribution is 5.17. The summed E-state index contributed by atoms with van der Waals surface area (Å²) in [5, 5.41) is 3.56. The lowest BCUT2D eigenvalue weighted by Gasteiger charge is -2.57. The molecule has 1 aliphatic heterocycles. The number of nitrogens with one attached hydrogen (secondary N) is 1. The van der Waals surface area contributed by atoms with Crippen LogP contribution in [0.4, 0.5) is 0 Å². The number of fused-ring (bicyclic) bond motifs is 2. The number of ether oxygens (including phenoxy) is 1. The summed E-state index contributed by atoms with van der Waals surface area (Å²) < 4.78 is 5.91. The van der Waals surface area contributed by atoms with Gasteiger partial charge in [-0.15, -0.1) is 6.42 Å². The fourth-order valence-electron chi connectivity index (χ4n) is 4.18. The van der Waals surface area contributed by atoms with E-state index in [2.05, 4.69) is 11.2 Å². The number of rotatable bonds is 2. The van der Waals surface area contributed by atoms with Crippen molar-refractivity contribution in [2.24, 2.45) is 11.3 Å². The molecule has 82 valence electrons. The van der Waals surface area contributed by atoms with E-state index in [1.807, 2.05) is 0 Å². The van der Waals surface area contributed by atoms with Crippen LogP contribution in [0.25, 0.3) is 0 Å². The summed E-state index contributed by atoms with van der Waals surface area (Å²) in [4.78, 5) is 0. The quantitative estimate of drug-likeness (QED) is 0.691. The summed E-state index contributed by atoms with van der Waals surface area (Å²) in [5.74, 6) is 3.45. The van der Waals surface area contributed by atoms with Gasteiger partial charge in [-0.1, -0.05) is 18.8 Å².